The van der Waals surface area contributed by atoms with Gasteiger partial charge in [-0.15, -0.1) is 0 Å². The number of carbonyl (C=O) groups is 1. The molecule has 0 saturated heterocycles. The Morgan fingerprint density at radius 2 is 1.52 bits per heavy atom. The molecule has 1 N–H and O–H groups in total. The van der Waals surface area contributed by atoms with E-state index in [2.05, 4.69) is 12.2 Å². The lowest BCUT2D eigenvalue weighted by atomic mass is 10.1. The molecular formula is C19H21NO. The van der Waals surface area contributed by atoms with Crippen molar-refractivity contribution in [2.24, 2.45) is 0 Å². The molecule has 2 nitrogen and oxygen atoms in total. The SMILES string of the molecule is CCCCN/C(=C/C(=O)c1ccccc1)c1ccccc1. The fraction of sp³-hybridized carbons (Fsp3) is 0.211. The van der Waals surface area contributed by atoms with Crippen molar-refractivity contribution in [3.8, 4) is 0 Å². The zero-order valence-corrected chi connectivity index (χ0v) is 12.4. The van der Waals surface area contributed by atoms with E-state index in [0.717, 1.165) is 30.6 Å². The molecule has 0 aliphatic heterocycles. The lowest BCUT2D eigenvalue weighted by molar-refractivity contribution is 0.104. The van der Waals surface area contributed by atoms with Crippen molar-refractivity contribution in [3.05, 3.63) is 77.9 Å². The number of benzene rings is 2. The third-order valence-corrected chi connectivity index (χ3v) is 3.26. The highest BCUT2D eigenvalue weighted by Crippen LogP contribution is 2.13. The molecule has 0 amide bonds. The number of ketones is 1. The van der Waals surface area contributed by atoms with Crippen LogP contribution < -0.4 is 5.32 Å². The summed E-state index contributed by atoms with van der Waals surface area (Å²) in [7, 11) is 0. The van der Waals surface area contributed by atoms with Gasteiger partial charge in [0.05, 0.1) is 0 Å². The zero-order chi connectivity index (χ0) is 14.9. The summed E-state index contributed by atoms with van der Waals surface area (Å²) in [5, 5.41) is 3.38. The Hall–Kier alpha value is -2.35. The molecule has 2 aromatic carbocycles. The van der Waals surface area contributed by atoms with Gasteiger partial charge in [-0.25, -0.2) is 0 Å². The number of rotatable bonds is 7. The zero-order valence-electron chi connectivity index (χ0n) is 12.4. The van der Waals surface area contributed by atoms with Crippen LogP contribution in [0, 0.1) is 0 Å². The first kappa shape index (κ1) is 15.0. The maximum Gasteiger partial charge on any atom is 0.187 e. The number of nitrogens with one attached hydrogen (secondary N) is 1. The molecule has 0 atom stereocenters. The van der Waals surface area contributed by atoms with Gasteiger partial charge in [-0.3, -0.25) is 4.79 Å². The minimum Gasteiger partial charge on any atom is -0.384 e. The average molecular weight is 279 g/mol. The van der Waals surface area contributed by atoms with Crippen LogP contribution >= 0.6 is 0 Å². The molecule has 2 rings (SSSR count). The van der Waals surface area contributed by atoms with Gasteiger partial charge in [0.25, 0.3) is 0 Å². The van der Waals surface area contributed by atoms with Gasteiger partial charge in [-0.1, -0.05) is 74.0 Å². The molecule has 0 aromatic heterocycles. The van der Waals surface area contributed by atoms with Gasteiger partial charge in [-0.05, 0) is 12.0 Å². The maximum absolute atomic E-state index is 12.3. The molecule has 0 radical (unpaired) electrons. The van der Waals surface area contributed by atoms with Crippen LogP contribution in [0.4, 0.5) is 0 Å². The summed E-state index contributed by atoms with van der Waals surface area (Å²) in [6.45, 7) is 3.03. The molecule has 0 aliphatic carbocycles. The van der Waals surface area contributed by atoms with Gasteiger partial charge in [-0.2, -0.15) is 0 Å². The molecule has 0 bridgehead atoms. The number of carbonyl (C=O) groups excluding carboxylic acids is 1. The molecule has 108 valence electrons. The quantitative estimate of drug-likeness (QED) is 0.465. The molecule has 0 spiro atoms. The summed E-state index contributed by atoms with van der Waals surface area (Å²) in [4.78, 5) is 12.3. The smallest absolute Gasteiger partial charge is 0.187 e. The van der Waals surface area contributed by atoms with Crippen LogP contribution in [0.2, 0.25) is 0 Å². The molecule has 0 unspecified atom stereocenters. The van der Waals surface area contributed by atoms with Crippen molar-refractivity contribution in [2.45, 2.75) is 19.8 Å². The van der Waals surface area contributed by atoms with Gasteiger partial charge in [0, 0.05) is 23.9 Å². The van der Waals surface area contributed by atoms with Crippen LogP contribution in [-0.2, 0) is 0 Å². The molecule has 0 heterocycles. The van der Waals surface area contributed by atoms with E-state index in [1.807, 2.05) is 60.7 Å². The Balaban J connectivity index is 2.22. The van der Waals surface area contributed by atoms with Gasteiger partial charge in [0.15, 0.2) is 5.78 Å². The standard InChI is InChI=1S/C19H21NO/c1-2-3-14-20-18(16-10-6-4-7-11-16)15-19(21)17-12-8-5-9-13-17/h4-13,15,20H,2-3,14H2,1H3/b18-15+. The molecule has 0 aliphatic rings. The van der Waals surface area contributed by atoms with Crippen LogP contribution in [0.25, 0.3) is 5.70 Å². The Morgan fingerprint density at radius 3 is 2.10 bits per heavy atom. The third-order valence-electron chi connectivity index (χ3n) is 3.26. The van der Waals surface area contributed by atoms with E-state index in [1.54, 1.807) is 6.08 Å². The second-order valence-corrected chi connectivity index (χ2v) is 4.93. The minimum atomic E-state index is 0.0263. The normalized spacial score (nSPS) is 11.2. The summed E-state index contributed by atoms with van der Waals surface area (Å²) in [5.74, 6) is 0.0263. The number of hydrogen-bond acceptors (Lipinski definition) is 2. The number of hydrogen-bond donors (Lipinski definition) is 1. The van der Waals surface area contributed by atoms with Crippen molar-refractivity contribution >= 4 is 11.5 Å². The van der Waals surface area contributed by atoms with Gasteiger partial charge in [0.2, 0.25) is 0 Å². The highest BCUT2D eigenvalue weighted by atomic mass is 16.1. The Labute approximate surface area is 126 Å². The highest BCUT2D eigenvalue weighted by Gasteiger charge is 2.06. The van der Waals surface area contributed by atoms with Crippen molar-refractivity contribution in [3.63, 3.8) is 0 Å². The molecule has 0 fully saturated rings. The first-order chi connectivity index (χ1) is 10.3. The molecular weight excluding hydrogens is 258 g/mol. The van der Waals surface area contributed by atoms with Crippen molar-refractivity contribution in [1.82, 2.24) is 5.32 Å². The Bertz CT molecular complexity index is 587. The summed E-state index contributed by atoms with van der Waals surface area (Å²) in [5.41, 5.74) is 2.64. The van der Waals surface area contributed by atoms with Crippen LogP contribution in [-0.4, -0.2) is 12.3 Å². The third kappa shape index (κ3) is 4.60. The lowest BCUT2D eigenvalue weighted by Crippen LogP contribution is -2.15. The Morgan fingerprint density at radius 1 is 0.952 bits per heavy atom. The van der Waals surface area contributed by atoms with E-state index in [4.69, 9.17) is 0 Å². The van der Waals surface area contributed by atoms with Crippen LogP contribution in [0.3, 0.4) is 0 Å². The van der Waals surface area contributed by atoms with Gasteiger partial charge in [0.1, 0.15) is 0 Å². The van der Waals surface area contributed by atoms with E-state index in [-0.39, 0.29) is 5.78 Å². The summed E-state index contributed by atoms with van der Waals surface area (Å²) < 4.78 is 0. The van der Waals surface area contributed by atoms with E-state index < -0.39 is 0 Å². The number of allylic oxidation sites excluding steroid dienone is 1. The summed E-state index contributed by atoms with van der Waals surface area (Å²) in [6.07, 6.45) is 3.91. The highest BCUT2D eigenvalue weighted by molar-refractivity contribution is 6.08. The summed E-state index contributed by atoms with van der Waals surface area (Å²) in [6, 6.07) is 19.3. The first-order valence-corrected chi connectivity index (χ1v) is 7.41. The van der Waals surface area contributed by atoms with Crippen molar-refractivity contribution in [2.75, 3.05) is 6.54 Å². The largest absolute Gasteiger partial charge is 0.384 e. The van der Waals surface area contributed by atoms with Crippen LogP contribution in [0.15, 0.2) is 66.7 Å². The summed E-state index contributed by atoms with van der Waals surface area (Å²) >= 11 is 0. The van der Waals surface area contributed by atoms with E-state index in [0.29, 0.717) is 5.56 Å². The topological polar surface area (TPSA) is 29.1 Å². The van der Waals surface area contributed by atoms with Crippen LogP contribution in [0.5, 0.6) is 0 Å². The van der Waals surface area contributed by atoms with Crippen molar-refractivity contribution < 1.29 is 4.79 Å². The second kappa shape index (κ2) is 8.05. The predicted octanol–water partition coefficient (Wildman–Crippen LogP) is 4.30. The second-order valence-electron chi connectivity index (χ2n) is 4.93. The lowest BCUT2D eigenvalue weighted by Gasteiger charge is -2.11. The molecule has 2 aromatic rings. The molecule has 21 heavy (non-hydrogen) atoms. The van der Waals surface area contributed by atoms with Crippen molar-refractivity contribution in [1.29, 1.82) is 0 Å². The molecule has 0 saturated carbocycles. The predicted molar refractivity (Wildman–Crippen MR) is 88.1 cm³/mol. The van der Waals surface area contributed by atoms with E-state index in [1.165, 1.54) is 0 Å². The Kier molecular flexibility index (Phi) is 5.77. The van der Waals surface area contributed by atoms with Crippen LogP contribution in [0.1, 0.15) is 35.7 Å². The van der Waals surface area contributed by atoms with E-state index >= 15 is 0 Å². The monoisotopic (exact) mass is 279 g/mol. The fourth-order valence-electron chi connectivity index (χ4n) is 2.07. The maximum atomic E-state index is 12.3. The van der Waals surface area contributed by atoms with E-state index in [9.17, 15) is 4.79 Å². The average Bonchev–Trinajstić information content (AvgIpc) is 2.55. The molecule has 2 heteroatoms. The van der Waals surface area contributed by atoms with Gasteiger partial charge >= 0.3 is 0 Å². The number of unbranched alkanes of at least 4 members (excludes halogenated alkanes) is 1. The van der Waals surface area contributed by atoms with Gasteiger partial charge < -0.3 is 5.32 Å². The first-order valence-electron chi connectivity index (χ1n) is 7.41. The fourth-order valence-corrected chi connectivity index (χ4v) is 2.07. The minimum absolute atomic E-state index is 0.0263.